The van der Waals surface area contributed by atoms with Crippen LogP contribution in [0.4, 0.5) is 15.3 Å². The van der Waals surface area contributed by atoms with Crippen molar-refractivity contribution in [1.82, 2.24) is 9.88 Å². The van der Waals surface area contributed by atoms with Gasteiger partial charge in [0.15, 0.2) is 0 Å². The molecule has 4 rings (SSSR count). The maximum absolute atomic E-state index is 14.4. The van der Waals surface area contributed by atoms with Crippen molar-refractivity contribution < 1.29 is 23.9 Å². The molecule has 1 aliphatic rings. The van der Waals surface area contributed by atoms with Crippen molar-refractivity contribution in [3.8, 4) is 0 Å². The number of amides is 3. The number of hydrogen-bond acceptors (Lipinski definition) is 6. The molecule has 1 aromatic heterocycles. The van der Waals surface area contributed by atoms with Crippen molar-refractivity contribution in [1.29, 1.82) is 0 Å². The Labute approximate surface area is 223 Å². The molecule has 1 aliphatic heterocycles. The number of benzene rings is 2. The highest BCUT2D eigenvalue weighted by molar-refractivity contribution is 6.17. The van der Waals surface area contributed by atoms with Crippen LogP contribution in [0.1, 0.15) is 53.0 Å². The summed E-state index contributed by atoms with van der Waals surface area (Å²) in [6.07, 6.45) is 0.337. The van der Waals surface area contributed by atoms with Gasteiger partial charge in [-0.05, 0) is 59.2 Å². The molecule has 2 heterocycles. The molecule has 8 heteroatoms. The third-order valence-corrected chi connectivity index (χ3v) is 6.17. The van der Waals surface area contributed by atoms with Gasteiger partial charge in [-0.3, -0.25) is 9.78 Å². The van der Waals surface area contributed by atoms with Gasteiger partial charge in [0.1, 0.15) is 11.2 Å². The molecule has 0 N–H and O–H groups in total. The number of nitrogens with zero attached hydrogens (tertiary/aromatic N) is 3. The molecule has 2 aromatic carbocycles. The first-order valence-corrected chi connectivity index (χ1v) is 12.8. The number of likely N-dealkylation sites (tertiary alicyclic amines) is 1. The van der Waals surface area contributed by atoms with E-state index in [0.717, 1.165) is 15.8 Å². The summed E-state index contributed by atoms with van der Waals surface area (Å²) >= 11 is 0. The van der Waals surface area contributed by atoms with Gasteiger partial charge in [-0.2, -0.15) is 0 Å². The highest BCUT2D eigenvalue weighted by Gasteiger charge is 2.45. The van der Waals surface area contributed by atoms with Gasteiger partial charge in [0.25, 0.3) is 0 Å². The average molecular weight is 518 g/mol. The molecule has 38 heavy (non-hydrogen) atoms. The number of ether oxygens (including phenoxy) is 2. The van der Waals surface area contributed by atoms with Crippen LogP contribution < -0.4 is 4.90 Å². The smallest absolute Gasteiger partial charge is 0.421 e. The molecule has 0 spiro atoms. The predicted molar refractivity (Wildman–Crippen MR) is 146 cm³/mol. The summed E-state index contributed by atoms with van der Waals surface area (Å²) in [5.41, 5.74) is 0.234. The largest absolute Gasteiger partial charge is 0.444 e. The fourth-order valence-corrected chi connectivity index (χ4v) is 4.62. The van der Waals surface area contributed by atoms with Gasteiger partial charge in [0.05, 0.1) is 17.1 Å². The monoisotopic (exact) mass is 517 g/mol. The number of carbonyl (C=O) groups excluding carboxylic acids is 3. The van der Waals surface area contributed by atoms with Crippen molar-refractivity contribution in [2.45, 2.75) is 58.7 Å². The third kappa shape index (κ3) is 6.13. The van der Waals surface area contributed by atoms with Crippen LogP contribution >= 0.6 is 0 Å². The molecule has 3 aromatic rings. The second-order valence-electron chi connectivity index (χ2n) is 11.5. The lowest BCUT2D eigenvalue weighted by Gasteiger charge is -2.29. The van der Waals surface area contributed by atoms with Crippen molar-refractivity contribution in [2.24, 2.45) is 5.92 Å². The highest BCUT2D eigenvalue weighted by atomic mass is 16.6. The molecule has 0 bridgehead atoms. The van der Waals surface area contributed by atoms with Crippen molar-refractivity contribution in [2.75, 3.05) is 18.0 Å². The third-order valence-electron chi connectivity index (χ3n) is 6.17. The summed E-state index contributed by atoms with van der Waals surface area (Å²) in [4.78, 5) is 48.1. The minimum Gasteiger partial charge on any atom is -0.444 e. The summed E-state index contributed by atoms with van der Waals surface area (Å²) in [6.45, 7) is 11.0. The summed E-state index contributed by atoms with van der Waals surface area (Å²) in [5.74, 6) is -1.52. The lowest BCUT2D eigenvalue weighted by Crippen LogP contribution is -2.46. The van der Waals surface area contributed by atoms with E-state index in [0.29, 0.717) is 11.2 Å². The number of carbonyl (C=O) groups is 3. The quantitative estimate of drug-likeness (QED) is 0.414. The zero-order valence-electron chi connectivity index (χ0n) is 22.8. The number of pyridine rings is 1. The van der Waals surface area contributed by atoms with Gasteiger partial charge in [0, 0.05) is 30.6 Å². The lowest BCUT2D eigenvalue weighted by atomic mass is 9.88. The molecule has 8 nitrogen and oxygen atoms in total. The second-order valence-corrected chi connectivity index (χ2v) is 11.5. The van der Waals surface area contributed by atoms with Gasteiger partial charge >= 0.3 is 12.2 Å². The van der Waals surface area contributed by atoms with E-state index in [9.17, 15) is 14.4 Å². The number of hydrogen-bond donors (Lipinski definition) is 0. The molecule has 1 fully saturated rings. The van der Waals surface area contributed by atoms with E-state index in [1.165, 1.54) is 0 Å². The van der Waals surface area contributed by atoms with E-state index in [1.54, 1.807) is 70.8 Å². The first-order valence-electron chi connectivity index (χ1n) is 12.8. The van der Waals surface area contributed by atoms with Crippen molar-refractivity contribution >= 4 is 34.7 Å². The van der Waals surface area contributed by atoms with Gasteiger partial charge < -0.3 is 14.4 Å². The number of fused-ring (bicyclic) bond motifs is 1. The lowest BCUT2D eigenvalue weighted by molar-refractivity contribution is -0.122. The average Bonchev–Trinajstić information content (AvgIpc) is 3.29. The standard InChI is InChI=1S/C30H35N3O5/c1-29(2,3)37-27(35)32-18-22(20-12-8-7-9-13-20)23(19-32)26(34)33(28(36)38-30(4,5)6)24-16-10-14-21-15-11-17-31-25(21)24/h7-17,22-23H,18-19H2,1-6H3/t22-,23-/m0/s1. The van der Waals surface area contributed by atoms with E-state index >= 15 is 0 Å². The fraction of sp³-hybridized carbons (Fsp3) is 0.400. The first-order chi connectivity index (χ1) is 17.8. The topological polar surface area (TPSA) is 89.0 Å². The summed E-state index contributed by atoms with van der Waals surface area (Å²) < 4.78 is 11.3. The molecule has 200 valence electrons. The second kappa shape index (κ2) is 10.4. The van der Waals surface area contributed by atoms with Gasteiger partial charge in [-0.15, -0.1) is 0 Å². The van der Waals surface area contributed by atoms with Crippen molar-refractivity contribution in [3.63, 3.8) is 0 Å². The van der Waals surface area contributed by atoms with E-state index in [4.69, 9.17) is 9.47 Å². The Kier molecular flexibility index (Phi) is 7.44. The molecular formula is C30H35N3O5. The maximum atomic E-state index is 14.4. The van der Waals surface area contributed by atoms with Crippen LogP contribution in [-0.4, -0.2) is 52.3 Å². The number of anilines is 1. The van der Waals surface area contributed by atoms with E-state index in [-0.39, 0.29) is 19.0 Å². The minimum absolute atomic E-state index is 0.102. The molecule has 0 saturated carbocycles. The summed E-state index contributed by atoms with van der Waals surface area (Å²) in [6, 6.07) is 18.6. The molecule has 0 unspecified atom stereocenters. The molecule has 2 atom stereocenters. The zero-order valence-corrected chi connectivity index (χ0v) is 22.8. The van der Waals surface area contributed by atoms with Crippen LogP contribution in [0.25, 0.3) is 10.9 Å². The Balaban J connectivity index is 1.78. The Hall–Kier alpha value is -3.94. The normalized spacial score (nSPS) is 17.8. The minimum atomic E-state index is -0.829. The fourth-order valence-electron chi connectivity index (χ4n) is 4.62. The number of rotatable bonds is 3. The molecular weight excluding hydrogens is 482 g/mol. The Morgan fingerprint density at radius 3 is 2.16 bits per heavy atom. The Morgan fingerprint density at radius 2 is 1.50 bits per heavy atom. The zero-order chi connectivity index (χ0) is 27.7. The Bertz CT molecular complexity index is 1320. The summed E-state index contributed by atoms with van der Waals surface area (Å²) in [7, 11) is 0. The summed E-state index contributed by atoms with van der Waals surface area (Å²) in [5, 5.41) is 0.785. The van der Waals surface area contributed by atoms with Crippen molar-refractivity contribution in [3.05, 3.63) is 72.4 Å². The number of imide groups is 1. The van der Waals surface area contributed by atoms with Crippen LogP contribution in [0.5, 0.6) is 0 Å². The molecule has 0 radical (unpaired) electrons. The SMILES string of the molecule is CC(C)(C)OC(=O)N1C[C@H](C(=O)N(C(=O)OC(C)(C)C)c2cccc3cccnc23)[C@H](c2ccccc2)C1. The molecule has 1 saturated heterocycles. The molecule has 0 aliphatic carbocycles. The molecule has 3 amide bonds. The van der Waals surface area contributed by atoms with E-state index in [2.05, 4.69) is 4.98 Å². The predicted octanol–water partition coefficient (Wildman–Crippen LogP) is 6.15. The van der Waals surface area contributed by atoms with Crippen LogP contribution in [0.15, 0.2) is 66.9 Å². The highest BCUT2D eigenvalue weighted by Crippen LogP contribution is 2.37. The van der Waals surface area contributed by atoms with E-state index in [1.807, 2.05) is 42.5 Å². The Morgan fingerprint density at radius 1 is 0.842 bits per heavy atom. The van der Waals surface area contributed by atoms with Crippen LogP contribution in [-0.2, 0) is 14.3 Å². The van der Waals surface area contributed by atoms with Crippen LogP contribution in [0.2, 0.25) is 0 Å². The van der Waals surface area contributed by atoms with Gasteiger partial charge in [-0.25, -0.2) is 14.5 Å². The van der Waals surface area contributed by atoms with Crippen LogP contribution in [0.3, 0.4) is 0 Å². The number of para-hydroxylation sites is 1. The van der Waals surface area contributed by atoms with E-state index < -0.39 is 35.2 Å². The maximum Gasteiger partial charge on any atom is 0.421 e. The van der Waals surface area contributed by atoms with Gasteiger partial charge in [0.2, 0.25) is 5.91 Å². The number of aromatic nitrogens is 1. The van der Waals surface area contributed by atoms with Gasteiger partial charge in [-0.1, -0.05) is 48.5 Å². The van der Waals surface area contributed by atoms with Crippen LogP contribution in [0, 0.1) is 5.92 Å². The first kappa shape index (κ1) is 27.1.